The summed E-state index contributed by atoms with van der Waals surface area (Å²) in [6.07, 6.45) is 0. The Labute approximate surface area is 160 Å². The van der Waals surface area contributed by atoms with E-state index in [0.29, 0.717) is 28.9 Å². The summed E-state index contributed by atoms with van der Waals surface area (Å²) in [6.45, 7) is 0.115. The molecule has 0 aliphatic rings. The van der Waals surface area contributed by atoms with Gasteiger partial charge in [0, 0.05) is 12.1 Å². The van der Waals surface area contributed by atoms with Gasteiger partial charge in [-0.1, -0.05) is 6.07 Å². The number of nitrogens with two attached hydrogens (primary N) is 1. The third kappa shape index (κ3) is 4.18. The van der Waals surface area contributed by atoms with Gasteiger partial charge in [0.1, 0.15) is 12.4 Å². The van der Waals surface area contributed by atoms with Gasteiger partial charge in [0.25, 0.3) is 5.69 Å². The molecule has 146 valence electrons. The van der Waals surface area contributed by atoms with Crippen LogP contribution in [-0.2, 0) is 6.61 Å². The lowest BCUT2D eigenvalue weighted by Crippen LogP contribution is -2.14. The minimum absolute atomic E-state index is 0.00445. The molecule has 0 bridgehead atoms. The number of benzene rings is 2. The van der Waals surface area contributed by atoms with Crippen LogP contribution in [0.25, 0.3) is 0 Å². The summed E-state index contributed by atoms with van der Waals surface area (Å²) in [6, 6.07) is 10.6. The van der Waals surface area contributed by atoms with Crippen LogP contribution in [0.15, 0.2) is 42.5 Å². The van der Waals surface area contributed by atoms with E-state index in [2.05, 4.69) is 15.2 Å². The Hall–Kier alpha value is -3.66. The van der Waals surface area contributed by atoms with Gasteiger partial charge in [0.15, 0.2) is 23.1 Å². The monoisotopic (exact) mass is 385 g/mol. The second kappa shape index (κ2) is 8.35. The number of ether oxygens (including phenoxy) is 3. The Kier molecular flexibility index (Phi) is 5.70. The zero-order valence-corrected chi connectivity index (χ0v) is 15.3. The number of nitrogens with zero attached hydrogens (tertiary/aromatic N) is 3. The fourth-order valence-corrected chi connectivity index (χ4v) is 2.52. The molecule has 0 unspecified atom stereocenters. The quantitative estimate of drug-likeness (QED) is 0.445. The van der Waals surface area contributed by atoms with Crippen LogP contribution in [-0.4, -0.2) is 34.3 Å². The highest BCUT2D eigenvalue weighted by molar-refractivity contribution is 5.44. The molecular weight excluding hydrogens is 366 g/mol. The number of hydrogen-bond acceptors (Lipinski definition) is 8. The average Bonchev–Trinajstić information content (AvgIpc) is 3.20. The van der Waals surface area contributed by atoms with Gasteiger partial charge >= 0.3 is 0 Å². The van der Waals surface area contributed by atoms with E-state index in [9.17, 15) is 10.1 Å². The number of nitro benzene ring substituents is 1. The molecule has 3 aromatic rings. The number of nitrogens with one attached hydrogen (secondary N) is 1. The van der Waals surface area contributed by atoms with Crippen molar-refractivity contribution in [2.45, 2.75) is 12.6 Å². The SMILES string of the molecule is COc1ccc([C@H](N)c2n[nH]c(COc3ccc([N+](=O)[O-])cc3)n2)cc1OC. The molecule has 2 aromatic carbocycles. The van der Waals surface area contributed by atoms with Crippen LogP contribution in [0.5, 0.6) is 17.2 Å². The molecule has 28 heavy (non-hydrogen) atoms. The van der Waals surface area contributed by atoms with Crippen molar-refractivity contribution in [2.75, 3.05) is 14.2 Å². The second-order valence-corrected chi connectivity index (χ2v) is 5.77. The van der Waals surface area contributed by atoms with E-state index in [1.54, 1.807) is 26.4 Å². The third-order valence-electron chi connectivity index (χ3n) is 4.02. The molecule has 0 amide bonds. The van der Waals surface area contributed by atoms with E-state index >= 15 is 0 Å². The Bertz CT molecular complexity index is 957. The molecule has 0 aliphatic carbocycles. The number of rotatable bonds is 8. The maximum Gasteiger partial charge on any atom is 0.269 e. The van der Waals surface area contributed by atoms with E-state index in [0.717, 1.165) is 5.56 Å². The van der Waals surface area contributed by atoms with E-state index in [1.165, 1.54) is 24.3 Å². The van der Waals surface area contributed by atoms with Crippen LogP contribution < -0.4 is 19.9 Å². The Morgan fingerprint density at radius 3 is 2.50 bits per heavy atom. The Morgan fingerprint density at radius 1 is 1.14 bits per heavy atom. The molecule has 0 saturated heterocycles. The molecule has 1 aromatic heterocycles. The zero-order valence-electron chi connectivity index (χ0n) is 15.3. The molecule has 1 heterocycles. The average molecular weight is 385 g/mol. The third-order valence-corrected chi connectivity index (χ3v) is 4.02. The summed E-state index contributed by atoms with van der Waals surface area (Å²) in [5.41, 5.74) is 7.01. The summed E-state index contributed by atoms with van der Waals surface area (Å²) in [5, 5.41) is 17.6. The first kappa shape index (κ1) is 19.1. The standard InChI is InChI=1S/C18H19N5O5/c1-26-14-8-3-11(9-15(14)27-2)17(19)18-20-16(21-22-18)10-28-13-6-4-12(5-7-13)23(24)25/h3-9,17H,10,19H2,1-2H3,(H,20,21,22)/t17-/m0/s1. The minimum atomic E-state index is -0.566. The summed E-state index contributed by atoms with van der Waals surface area (Å²) in [4.78, 5) is 14.5. The highest BCUT2D eigenvalue weighted by Crippen LogP contribution is 2.30. The number of non-ortho nitro benzene ring substituents is 1. The van der Waals surface area contributed by atoms with Gasteiger partial charge in [0.2, 0.25) is 0 Å². The molecule has 0 radical (unpaired) electrons. The van der Waals surface area contributed by atoms with E-state index < -0.39 is 11.0 Å². The largest absolute Gasteiger partial charge is 0.493 e. The second-order valence-electron chi connectivity index (χ2n) is 5.77. The summed E-state index contributed by atoms with van der Waals surface area (Å²) in [5.74, 6) is 2.52. The van der Waals surface area contributed by atoms with Crippen molar-refractivity contribution in [1.82, 2.24) is 15.2 Å². The van der Waals surface area contributed by atoms with Crippen LogP contribution in [0.4, 0.5) is 5.69 Å². The fourth-order valence-electron chi connectivity index (χ4n) is 2.52. The van der Waals surface area contributed by atoms with Crippen molar-refractivity contribution >= 4 is 5.69 Å². The summed E-state index contributed by atoms with van der Waals surface area (Å²) < 4.78 is 16.1. The molecule has 1 atom stereocenters. The molecular formula is C18H19N5O5. The first-order chi connectivity index (χ1) is 13.5. The number of nitro groups is 1. The number of aromatic nitrogens is 3. The fraction of sp³-hybridized carbons (Fsp3) is 0.222. The normalized spacial score (nSPS) is 11.7. The lowest BCUT2D eigenvalue weighted by molar-refractivity contribution is -0.384. The van der Waals surface area contributed by atoms with E-state index in [4.69, 9.17) is 19.9 Å². The predicted octanol–water partition coefficient (Wildman–Crippen LogP) is 2.36. The van der Waals surface area contributed by atoms with Gasteiger partial charge < -0.3 is 19.9 Å². The van der Waals surface area contributed by atoms with Crippen LogP contribution in [0.3, 0.4) is 0 Å². The number of aromatic amines is 1. The van der Waals surface area contributed by atoms with Crippen molar-refractivity contribution in [3.8, 4) is 17.2 Å². The molecule has 10 heteroatoms. The molecule has 0 saturated carbocycles. The van der Waals surface area contributed by atoms with Gasteiger partial charge in [-0.25, -0.2) is 4.98 Å². The topological polar surface area (TPSA) is 138 Å². The molecule has 0 aliphatic heterocycles. The van der Waals surface area contributed by atoms with Crippen molar-refractivity contribution in [3.05, 3.63) is 69.8 Å². The van der Waals surface area contributed by atoms with Crippen LogP contribution in [0, 0.1) is 10.1 Å². The smallest absolute Gasteiger partial charge is 0.269 e. The van der Waals surface area contributed by atoms with Crippen LogP contribution in [0.1, 0.15) is 23.3 Å². The molecule has 0 fully saturated rings. The minimum Gasteiger partial charge on any atom is -0.493 e. The lowest BCUT2D eigenvalue weighted by atomic mass is 10.1. The first-order valence-corrected chi connectivity index (χ1v) is 8.27. The number of methoxy groups -OCH3 is 2. The van der Waals surface area contributed by atoms with Gasteiger partial charge in [0.05, 0.1) is 25.2 Å². The van der Waals surface area contributed by atoms with Crippen molar-refractivity contribution in [1.29, 1.82) is 0 Å². The van der Waals surface area contributed by atoms with Crippen LogP contribution >= 0.6 is 0 Å². The molecule has 10 nitrogen and oxygen atoms in total. The Morgan fingerprint density at radius 2 is 1.86 bits per heavy atom. The van der Waals surface area contributed by atoms with Gasteiger partial charge in [-0.2, -0.15) is 5.10 Å². The van der Waals surface area contributed by atoms with Crippen molar-refractivity contribution in [2.24, 2.45) is 5.73 Å². The molecule has 0 spiro atoms. The zero-order chi connectivity index (χ0) is 20.1. The summed E-state index contributed by atoms with van der Waals surface area (Å²) >= 11 is 0. The van der Waals surface area contributed by atoms with Crippen LogP contribution in [0.2, 0.25) is 0 Å². The van der Waals surface area contributed by atoms with Crippen molar-refractivity contribution in [3.63, 3.8) is 0 Å². The summed E-state index contributed by atoms with van der Waals surface area (Å²) in [7, 11) is 3.11. The van der Waals surface area contributed by atoms with Gasteiger partial charge in [-0.05, 0) is 29.8 Å². The first-order valence-electron chi connectivity index (χ1n) is 8.27. The van der Waals surface area contributed by atoms with Gasteiger partial charge in [-0.15, -0.1) is 0 Å². The maximum absolute atomic E-state index is 10.7. The maximum atomic E-state index is 10.7. The van der Waals surface area contributed by atoms with Crippen molar-refractivity contribution < 1.29 is 19.1 Å². The van der Waals surface area contributed by atoms with E-state index in [-0.39, 0.29) is 12.3 Å². The number of hydrogen-bond donors (Lipinski definition) is 2. The molecule has 3 N–H and O–H groups in total. The van der Waals surface area contributed by atoms with E-state index in [1.807, 2.05) is 6.07 Å². The Balaban J connectivity index is 1.67. The van der Waals surface area contributed by atoms with Gasteiger partial charge in [-0.3, -0.25) is 15.2 Å². The number of H-pyrrole nitrogens is 1. The molecule has 3 rings (SSSR count). The highest BCUT2D eigenvalue weighted by atomic mass is 16.6. The predicted molar refractivity (Wildman–Crippen MR) is 99.4 cm³/mol. The highest BCUT2D eigenvalue weighted by Gasteiger charge is 2.17. The lowest BCUT2D eigenvalue weighted by Gasteiger charge is -2.12.